The van der Waals surface area contributed by atoms with Crippen molar-refractivity contribution in [1.29, 1.82) is 0 Å². The van der Waals surface area contributed by atoms with Gasteiger partial charge >= 0.3 is 0 Å². The summed E-state index contributed by atoms with van der Waals surface area (Å²) >= 11 is 0. The van der Waals surface area contributed by atoms with E-state index in [9.17, 15) is 20.1 Å². The van der Waals surface area contributed by atoms with Gasteiger partial charge < -0.3 is 20.1 Å². The first-order chi connectivity index (χ1) is 14.3. The fourth-order valence-corrected chi connectivity index (χ4v) is 3.65. The van der Waals surface area contributed by atoms with Gasteiger partial charge in [-0.3, -0.25) is 4.79 Å². The van der Waals surface area contributed by atoms with Crippen molar-refractivity contribution in [3.63, 3.8) is 0 Å². The minimum atomic E-state index is -0.579. The molecule has 2 aromatic carbocycles. The number of carbonyl (C=O) groups is 1. The molecule has 2 unspecified atom stereocenters. The first kappa shape index (κ1) is 21.7. The summed E-state index contributed by atoms with van der Waals surface area (Å²) < 4.78 is 5.98. The topological polar surface area (TPSA) is 87.0 Å². The standard InChI is InChI=1S/C25H28O5/c1-15(2)11-18(26)12-16(3)9-10-19-21(27)13-20-22(28)14-23(30-25(20)24(19)29)17-7-5-4-6-8-17/h4-9,11,13,18,23,26-27,29H,10,12,14H2,1-3H3. The number of aromatic hydroxyl groups is 2. The molecule has 5 heteroatoms. The normalized spacial score (nSPS) is 17.1. The highest BCUT2D eigenvalue weighted by molar-refractivity contribution is 6.01. The quantitative estimate of drug-likeness (QED) is 0.585. The second kappa shape index (κ2) is 9.18. The average molecular weight is 408 g/mol. The van der Waals surface area contributed by atoms with Crippen LogP contribution in [0.2, 0.25) is 0 Å². The molecule has 1 heterocycles. The molecule has 1 aliphatic rings. The maximum absolute atomic E-state index is 12.6. The van der Waals surface area contributed by atoms with Crippen LogP contribution in [-0.2, 0) is 6.42 Å². The molecule has 0 amide bonds. The number of ether oxygens (including phenoxy) is 1. The monoisotopic (exact) mass is 408 g/mol. The van der Waals surface area contributed by atoms with Gasteiger partial charge in [0, 0.05) is 5.56 Å². The van der Waals surface area contributed by atoms with Gasteiger partial charge in [-0.25, -0.2) is 0 Å². The molecule has 3 N–H and O–H groups in total. The van der Waals surface area contributed by atoms with Gasteiger partial charge in [-0.15, -0.1) is 0 Å². The third-order valence-electron chi connectivity index (χ3n) is 5.15. The van der Waals surface area contributed by atoms with Crippen molar-refractivity contribution >= 4 is 5.78 Å². The summed E-state index contributed by atoms with van der Waals surface area (Å²) in [5.41, 5.74) is 3.31. The van der Waals surface area contributed by atoms with Crippen molar-refractivity contribution in [3.8, 4) is 17.2 Å². The van der Waals surface area contributed by atoms with Gasteiger partial charge in [0.2, 0.25) is 0 Å². The van der Waals surface area contributed by atoms with Gasteiger partial charge in [0.05, 0.1) is 18.1 Å². The van der Waals surface area contributed by atoms with E-state index in [1.54, 1.807) is 6.08 Å². The number of aliphatic hydroxyl groups excluding tert-OH is 1. The van der Waals surface area contributed by atoms with Gasteiger partial charge in [-0.2, -0.15) is 0 Å². The number of carbonyl (C=O) groups excluding carboxylic acids is 1. The Bertz CT molecular complexity index is 984. The van der Waals surface area contributed by atoms with E-state index in [0.29, 0.717) is 12.0 Å². The van der Waals surface area contributed by atoms with Crippen LogP contribution in [0.4, 0.5) is 0 Å². The summed E-state index contributed by atoms with van der Waals surface area (Å²) in [5, 5.41) is 31.2. The molecule has 158 valence electrons. The Hall–Kier alpha value is -3.05. The number of hydrogen-bond donors (Lipinski definition) is 3. The Labute approximate surface area is 177 Å². The number of allylic oxidation sites excluding steroid dienone is 2. The summed E-state index contributed by atoms with van der Waals surface area (Å²) in [6.07, 6.45) is 3.44. The number of hydrogen-bond acceptors (Lipinski definition) is 5. The van der Waals surface area contributed by atoms with E-state index in [1.807, 2.05) is 57.2 Å². The lowest BCUT2D eigenvalue weighted by Gasteiger charge is -2.27. The molecule has 0 bridgehead atoms. The van der Waals surface area contributed by atoms with E-state index in [4.69, 9.17) is 4.74 Å². The van der Waals surface area contributed by atoms with Crippen molar-refractivity contribution in [2.75, 3.05) is 0 Å². The number of benzene rings is 2. The van der Waals surface area contributed by atoms with Crippen molar-refractivity contribution in [1.82, 2.24) is 0 Å². The lowest BCUT2D eigenvalue weighted by molar-refractivity contribution is 0.0841. The van der Waals surface area contributed by atoms with Crippen molar-refractivity contribution in [2.45, 2.75) is 52.2 Å². The zero-order valence-corrected chi connectivity index (χ0v) is 17.6. The van der Waals surface area contributed by atoms with Crippen LogP contribution in [-0.4, -0.2) is 27.2 Å². The van der Waals surface area contributed by atoms with E-state index >= 15 is 0 Å². The largest absolute Gasteiger partial charge is 0.507 e. The lowest BCUT2D eigenvalue weighted by Crippen LogP contribution is -2.20. The number of phenols is 2. The lowest BCUT2D eigenvalue weighted by atomic mass is 9.93. The second-order valence-corrected chi connectivity index (χ2v) is 8.01. The molecule has 0 saturated carbocycles. The third-order valence-corrected chi connectivity index (χ3v) is 5.15. The van der Waals surface area contributed by atoms with Crippen LogP contribution in [0.25, 0.3) is 0 Å². The van der Waals surface area contributed by atoms with Gasteiger partial charge in [0.25, 0.3) is 0 Å². The number of aliphatic hydroxyl groups is 1. The summed E-state index contributed by atoms with van der Waals surface area (Å²) in [6.45, 7) is 5.74. The highest BCUT2D eigenvalue weighted by atomic mass is 16.5. The minimum absolute atomic E-state index is 0.114. The van der Waals surface area contributed by atoms with E-state index in [2.05, 4.69) is 0 Å². The first-order valence-electron chi connectivity index (χ1n) is 10.1. The Morgan fingerprint density at radius 1 is 1.20 bits per heavy atom. The Balaban J connectivity index is 1.85. The number of Topliss-reactive ketones (excluding diaryl/α,β-unsaturated/α-hetero) is 1. The summed E-state index contributed by atoms with van der Waals surface area (Å²) in [7, 11) is 0. The zero-order valence-electron chi connectivity index (χ0n) is 17.6. The van der Waals surface area contributed by atoms with E-state index < -0.39 is 12.2 Å². The summed E-state index contributed by atoms with van der Waals surface area (Å²) in [5.74, 6) is -0.425. The Morgan fingerprint density at radius 3 is 2.57 bits per heavy atom. The Kier molecular flexibility index (Phi) is 6.63. The van der Waals surface area contributed by atoms with Crippen LogP contribution >= 0.6 is 0 Å². The second-order valence-electron chi connectivity index (χ2n) is 8.01. The van der Waals surface area contributed by atoms with Gasteiger partial charge in [-0.05, 0) is 45.2 Å². The minimum Gasteiger partial charge on any atom is -0.507 e. The molecule has 0 radical (unpaired) electrons. The van der Waals surface area contributed by atoms with Crippen LogP contribution < -0.4 is 4.74 Å². The SMILES string of the molecule is CC(C)=CC(O)CC(C)=CCc1c(O)cc2c(c1O)OC(c1ccccc1)CC2=O. The maximum Gasteiger partial charge on any atom is 0.173 e. The molecule has 2 aromatic rings. The molecular weight excluding hydrogens is 380 g/mol. The highest BCUT2D eigenvalue weighted by Crippen LogP contribution is 2.46. The molecule has 1 aliphatic heterocycles. The van der Waals surface area contributed by atoms with Gasteiger partial charge in [-0.1, -0.05) is 53.6 Å². The summed E-state index contributed by atoms with van der Waals surface area (Å²) in [4.78, 5) is 12.6. The van der Waals surface area contributed by atoms with Crippen molar-refractivity contribution < 1.29 is 24.9 Å². The van der Waals surface area contributed by atoms with Gasteiger partial charge in [0.15, 0.2) is 17.3 Å². The smallest absolute Gasteiger partial charge is 0.173 e. The molecule has 0 aliphatic carbocycles. The van der Waals surface area contributed by atoms with Crippen molar-refractivity contribution in [3.05, 3.63) is 76.4 Å². The predicted molar refractivity (Wildman–Crippen MR) is 116 cm³/mol. The molecule has 0 spiro atoms. The first-order valence-corrected chi connectivity index (χ1v) is 10.1. The molecule has 0 saturated heterocycles. The predicted octanol–water partition coefficient (Wildman–Crippen LogP) is 5.01. The number of ketones is 1. The Morgan fingerprint density at radius 2 is 1.90 bits per heavy atom. The average Bonchev–Trinajstić information content (AvgIpc) is 2.68. The molecule has 3 rings (SSSR count). The number of rotatable bonds is 6. The molecule has 0 aromatic heterocycles. The van der Waals surface area contributed by atoms with Crippen LogP contribution in [0.5, 0.6) is 17.2 Å². The maximum atomic E-state index is 12.6. The molecule has 2 atom stereocenters. The molecule has 0 fully saturated rings. The number of fused-ring (bicyclic) bond motifs is 1. The van der Waals surface area contributed by atoms with Crippen LogP contribution in [0.1, 0.15) is 61.2 Å². The molecule has 30 heavy (non-hydrogen) atoms. The van der Waals surface area contributed by atoms with E-state index in [-0.39, 0.29) is 41.4 Å². The van der Waals surface area contributed by atoms with Crippen LogP contribution in [0.3, 0.4) is 0 Å². The van der Waals surface area contributed by atoms with Crippen molar-refractivity contribution in [2.24, 2.45) is 0 Å². The molecular formula is C25H28O5. The van der Waals surface area contributed by atoms with E-state index in [0.717, 1.165) is 16.7 Å². The fraction of sp³-hybridized carbons (Fsp3) is 0.320. The summed E-state index contributed by atoms with van der Waals surface area (Å²) in [6, 6.07) is 10.8. The van der Waals surface area contributed by atoms with E-state index in [1.165, 1.54) is 6.07 Å². The van der Waals surface area contributed by atoms with Gasteiger partial charge in [0.1, 0.15) is 11.9 Å². The third kappa shape index (κ3) is 4.92. The molecule has 5 nitrogen and oxygen atoms in total. The zero-order chi connectivity index (χ0) is 21.8. The van der Waals surface area contributed by atoms with Crippen LogP contribution in [0.15, 0.2) is 59.7 Å². The van der Waals surface area contributed by atoms with Crippen LogP contribution in [0, 0.1) is 0 Å². The highest BCUT2D eigenvalue weighted by Gasteiger charge is 2.32. The number of phenolic OH excluding ortho intramolecular Hbond substituents is 2. The fourth-order valence-electron chi connectivity index (χ4n) is 3.65.